The summed E-state index contributed by atoms with van der Waals surface area (Å²) in [6.45, 7) is 0. The van der Waals surface area contributed by atoms with Gasteiger partial charge in [0.25, 0.3) is 0 Å². The lowest BCUT2D eigenvalue weighted by molar-refractivity contribution is -0.0218. The third kappa shape index (κ3) is 2.56. The van der Waals surface area contributed by atoms with Crippen molar-refractivity contribution < 1.29 is 4.74 Å². The van der Waals surface area contributed by atoms with E-state index in [9.17, 15) is 0 Å². The highest BCUT2D eigenvalue weighted by Crippen LogP contribution is 2.48. The summed E-state index contributed by atoms with van der Waals surface area (Å²) in [5, 5.41) is 9.07. The molecular weight excluding hydrogens is 398 g/mol. The van der Waals surface area contributed by atoms with Crippen LogP contribution in [0.25, 0.3) is 0 Å². The van der Waals surface area contributed by atoms with Gasteiger partial charge in [0.2, 0.25) is 6.23 Å². The molecule has 0 amide bonds. The van der Waals surface area contributed by atoms with Gasteiger partial charge >= 0.3 is 0 Å². The zero-order valence-electron chi connectivity index (χ0n) is 13.2. The number of rotatable bonds is 2. The number of pyridine rings is 1. The predicted octanol–water partition coefficient (Wildman–Crippen LogP) is 5.15. The summed E-state index contributed by atoms with van der Waals surface area (Å²) >= 11 is 5.30. The fourth-order valence-corrected chi connectivity index (χ4v) is 4.47. The maximum atomic E-state index is 6.29. The van der Waals surface area contributed by atoms with Crippen LogP contribution >= 0.6 is 27.3 Å². The average Bonchev–Trinajstić information content (AvgIpc) is 3.31. The second kappa shape index (κ2) is 5.97. The van der Waals surface area contributed by atoms with Gasteiger partial charge in [0.15, 0.2) is 0 Å². The fraction of sp³-hybridized carbons (Fsp3) is 0.158. The van der Waals surface area contributed by atoms with Crippen LogP contribution < -0.4 is 4.74 Å². The summed E-state index contributed by atoms with van der Waals surface area (Å²) < 4.78 is 7.34. The minimum atomic E-state index is -0.308. The molecule has 2 atom stereocenters. The van der Waals surface area contributed by atoms with Crippen molar-refractivity contribution in [1.29, 1.82) is 0 Å². The van der Waals surface area contributed by atoms with Crippen molar-refractivity contribution in [3.05, 3.63) is 80.7 Å². The van der Waals surface area contributed by atoms with Gasteiger partial charge in [-0.1, -0.05) is 28.1 Å². The van der Waals surface area contributed by atoms with E-state index in [2.05, 4.69) is 49.5 Å². The minimum Gasteiger partial charge on any atom is -0.463 e. The Kier molecular flexibility index (Phi) is 3.60. The summed E-state index contributed by atoms with van der Waals surface area (Å²) in [6.07, 6.45) is 2.36. The first-order valence-corrected chi connectivity index (χ1v) is 9.73. The summed E-state index contributed by atoms with van der Waals surface area (Å²) in [5.41, 5.74) is 3.14. The number of thiophene rings is 1. The molecule has 0 N–H and O–H groups in total. The standard InChI is InChI=1S/C19H14BrN3OS/c20-12-6-7-17-13(10-12)16-11-15(18-5-3-9-25-18)22-23(16)19(24-17)14-4-1-2-8-21-14/h1-10,16,19H,11H2/t16-,19-/m0/s1. The molecule has 1 aromatic carbocycles. The first-order chi connectivity index (χ1) is 12.3. The molecule has 0 aliphatic carbocycles. The van der Waals surface area contributed by atoms with Crippen molar-refractivity contribution in [3.63, 3.8) is 0 Å². The molecule has 25 heavy (non-hydrogen) atoms. The van der Waals surface area contributed by atoms with E-state index in [0.717, 1.165) is 33.6 Å². The van der Waals surface area contributed by atoms with Crippen molar-refractivity contribution in [2.75, 3.05) is 0 Å². The summed E-state index contributed by atoms with van der Waals surface area (Å²) in [6, 6.07) is 16.4. The first-order valence-electron chi connectivity index (χ1n) is 8.06. The maximum Gasteiger partial charge on any atom is 0.230 e. The van der Waals surface area contributed by atoms with Gasteiger partial charge in [0.05, 0.1) is 16.6 Å². The highest BCUT2D eigenvalue weighted by atomic mass is 79.9. The van der Waals surface area contributed by atoms with Gasteiger partial charge in [0.1, 0.15) is 11.4 Å². The van der Waals surface area contributed by atoms with Crippen LogP contribution in [0.15, 0.2) is 69.7 Å². The molecule has 4 nitrogen and oxygen atoms in total. The van der Waals surface area contributed by atoms with Crippen LogP contribution in [0.4, 0.5) is 0 Å². The summed E-state index contributed by atoms with van der Waals surface area (Å²) in [4.78, 5) is 5.71. The number of benzene rings is 1. The lowest BCUT2D eigenvalue weighted by Crippen LogP contribution is -2.34. The van der Waals surface area contributed by atoms with Crippen LogP contribution in [0.1, 0.15) is 34.8 Å². The molecule has 0 saturated heterocycles. The van der Waals surface area contributed by atoms with Crippen LogP contribution in [0, 0.1) is 0 Å². The highest BCUT2D eigenvalue weighted by Gasteiger charge is 2.41. The number of fused-ring (bicyclic) bond motifs is 3. The molecule has 0 unspecified atom stereocenters. The Bertz CT molecular complexity index is 943. The van der Waals surface area contributed by atoms with Crippen LogP contribution in [-0.2, 0) is 0 Å². The number of hydrogen-bond acceptors (Lipinski definition) is 5. The number of aromatic nitrogens is 1. The number of halogens is 1. The van der Waals surface area contributed by atoms with Crippen LogP contribution in [0.3, 0.4) is 0 Å². The lowest BCUT2D eigenvalue weighted by atomic mass is 9.98. The average molecular weight is 412 g/mol. The van der Waals surface area contributed by atoms with Gasteiger partial charge in [-0.15, -0.1) is 11.3 Å². The normalized spacial score (nSPS) is 21.3. The Morgan fingerprint density at radius 1 is 1.16 bits per heavy atom. The highest BCUT2D eigenvalue weighted by molar-refractivity contribution is 9.10. The summed E-state index contributed by atoms with van der Waals surface area (Å²) in [5.74, 6) is 0.905. The molecule has 3 aromatic rings. The molecule has 0 saturated carbocycles. The molecule has 0 bridgehead atoms. The molecule has 6 heteroatoms. The fourth-order valence-electron chi connectivity index (χ4n) is 3.37. The largest absolute Gasteiger partial charge is 0.463 e. The first kappa shape index (κ1) is 15.1. The topological polar surface area (TPSA) is 37.7 Å². The second-order valence-corrected chi connectivity index (χ2v) is 7.89. The van der Waals surface area contributed by atoms with Crippen molar-refractivity contribution in [2.24, 2.45) is 5.10 Å². The van der Waals surface area contributed by atoms with E-state index < -0.39 is 0 Å². The van der Waals surface area contributed by atoms with Crippen molar-refractivity contribution >= 4 is 33.0 Å². The van der Waals surface area contributed by atoms with E-state index in [1.165, 1.54) is 4.88 Å². The predicted molar refractivity (Wildman–Crippen MR) is 102 cm³/mol. The van der Waals surface area contributed by atoms with Gasteiger partial charge in [0, 0.05) is 22.7 Å². The minimum absolute atomic E-state index is 0.158. The maximum absolute atomic E-state index is 6.29. The molecule has 2 aliphatic heterocycles. The lowest BCUT2D eigenvalue weighted by Gasteiger charge is -2.37. The Hall–Kier alpha value is -2.18. The van der Waals surface area contributed by atoms with E-state index in [1.54, 1.807) is 17.5 Å². The molecule has 4 heterocycles. The second-order valence-electron chi connectivity index (χ2n) is 6.03. The van der Waals surface area contributed by atoms with E-state index in [-0.39, 0.29) is 12.3 Å². The van der Waals surface area contributed by atoms with E-state index in [4.69, 9.17) is 9.84 Å². The monoisotopic (exact) mass is 411 g/mol. The van der Waals surface area contributed by atoms with Gasteiger partial charge in [-0.05, 0) is 41.8 Å². The summed E-state index contributed by atoms with van der Waals surface area (Å²) in [7, 11) is 0. The van der Waals surface area contributed by atoms with Crippen LogP contribution in [0.5, 0.6) is 5.75 Å². The Labute approximate surface area is 157 Å². The molecule has 5 rings (SSSR count). The van der Waals surface area contributed by atoms with E-state index in [0.29, 0.717) is 0 Å². The van der Waals surface area contributed by atoms with Gasteiger partial charge < -0.3 is 4.74 Å². The quantitative estimate of drug-likeness (QED) is 0.585. The molecule has 0 radical (unpaired) electrons. The van der Waals surface area contributed by atoms with Crippen LogP contribution in [-0.4, -0.2) is 15.7 Å². The van der Waals surface area contributed by atoms with Crippen LogP contribution in [0.2, 0.25) is 0 Å². The van der Waals surface area contributed by atoms with E-state index in [1.807, 2.05) is 30.3 Å². The third-order valence-corrected chi connectivity index (χ3v) is 5.91. The molecule has 124 valence electrons. The molecule has 0 fully saturated rings. The Morgan fingerprint density at radius 2 is 2.12 bits per heavy atom. The van der Waals surface area contributed by atoms with Crippen molar-refractivity contribution in [3.8, 4) is 5.75 Å². The number of nitrogens with zero attached hydrogens (tertiary/aromatic N) is 3. The zero-order valence-corrected chi connectivity index (χ0v) is 15.6. The molecule has 2 aliphatic rings. The Balaban J connectivity index is 1.62. The van der Waals surface area contributed by atoms with Gasteiger partial charge in [-0.2, -0.15) is 5.10 Å². The molecule has 2 aromatic heterocycles. The smallest absolute Gasteiger partial charge is 0.230 e. The van der Waals surface area contributed by atoms with Crippen molar-refractivity contribution in [1.82, 2.24) is 9.99 Å². The zero-order chi connectivity index (χ0) is 16.8. The van der Waals surface area contributed by atoms with Crippen molar-refractivity contribution in [2.45, 2.75) is 18.7 Å². The molecule has 0 spiro atoms. The molecular formula is C19H14BrN3OS. The van der Waals surface area contributed by atoms with E-state index >= 15 is 0 Å². The number of ether oxygens (including phenoxy) is 1. The third-order valence-electron chi connectivity index (χ3n) is 4.50. The van der Waals surface area contributed by atoms with Gasteiger partial charge in [-0.25, -0.2) is 5.01 Å². The number of hydrazone groups is 1. The SMILES string of the molecule is Brc1ccc2c(c1)[C@@H]1CC(c3cccs3)=NN1[C@H](c1ccccn1)O2. The number of hydrogen-bond donors (Lipinski definition) is 0. The Morgan fingerprint density at radius 3 is 2.92 bits per heavy atom. The van der Waals surface area contributed by atoms with Gasteiger partial charge in [-0.3, -0.25) is 4.98 Å².